The van der Waals surface area contributed by atoms with Crippen molar-refractivity contribution in [1.82, 2.24) is 15.1 Å². The van der Waals surface area contributed by atoms with Gasteiger partial charge in [0, 0.05) is 51.3 Å². The van der Waals surface area contributed by atoms with E-state index in [0.717, 1.165) is 16.8 Å². The summed E-state index contributed by atoms with van der Waals surface area (Å²) in [6, 6.07) is 4.58. The van der Waals surface area contributed by atoms with Gasteiger partial charge in [-0.05, 0) is 49.9 Å². The smallest absolute Gasteiger partial charge is 0.384 e. The predicted octanol–water partition coefficient (Wildman–Crippen LogP) is 2.93. The van der Waals surface area contributed by atoms with Crippen molar-refractivity contribution < 1.29 is 22.8 Å². The number of carbonyl (C=O) groups excluding carboxylic acids is 2. The van der Waals surface area contributed by atoms with Crippen LogP contribution >= 0.6 is 0 Å². The number of hydrogen-bond acceptors (Lipinski definition) is 4. The Morgan fingerprint density at radius 3 is 2.87 bits per heavy atom. The van der Waals surface area contributed by atoms with Crippen LogP contribution in [0.4, 0.5) is 18.9 Å². The minimum absolute atomic E-state index is 0.121. The molecule has 0 saturated carbocycles. The quantitative estimate of drug-likeness (QED) is 0.685. The van der Waals surface area contributed by atoms with Crippen molar-refractivity contribution in [3.05, 3.63) is 29.3 Å². The number of aryl methyl sites for hydroxylation is 1. The number of amides is 2. The number of alkyl halides is 3. The molecule has 2 aliphatic heterocycles. The Morgan fingerprint density at radius 1 is 1.32 bits per heavy atom. The molecule has 1 fully saturated rings. The zero-order valence-electron chi connectivity index (χ0n) is 17.9. The van der Waals surface area contributed by atoms with E-state index < -0.39 is 12.2 Å². The van der Waals surface area contributed by atoms with Crippen LogP contribution in [0.15, 0.2) is 18.2 Å². The predicted molar refractivity (Wildman–Crippen MR) is 113 cm³/mol. The first-order chi connectivity index (χ1) is 14.8. The highest BCUT2D eigenvalue weighted by Crippen LogP contribution is 2.32. The van der Waals surface area contributed by atoms with Crippen molar-refractivity contribution >= 4 is 17.5 Å². The Labute approximate surface area is 181 Å². The lowest BCUT2D eigenvalue weighted by Gasteiger charge is -2.26. The molecule has 0 radical (unpaired) electrons. The third-order valence-electron chi connectivity index (χ3n) is 6.02. The summed E-state index contributed by atoms with van der Waals surface area (Å²) in [5.74, 6) is -0.0471. The van der Waals surface area contributed by atoms with Crippen molar-refractivity contribution in [3.8, 4) is 0 Å². The van der Waals surface area contributed by atoms with Crippen molar-refractivity contribution in [2.45, 2.75) is 57.8 Å². The highest BCUT2D eigenvalue weighted by molar-refractivity contribution is 5.78. The number of carbonyl (C=O) groups is 2. The van der Waals surface area contributed by atoms with Crippen LogP contribution in [0.1, 0.15) is 43.7 Å². The normalized spacial score (nSPS) is 20.1. The first-order valence-corrected chi connectivity index (χ1v) is 11.0. The molecule has 0 aromatic heterocycles. The van der Waals surface area contributed by atoms with Gasteiger partial charge in [0.2, 0.25) is 11.8 Å². The molecule has 0 aliphatic carbocycles. The second kappa shape index (κ2) is 10.3. The molecule has 2 amide bonds. The van der Waals surface area contributed by atoms with Crippen LogP contribution in [0, 0.1) is 0 Å². The summed E-state index contributed by atoms with van der Waals surface area (Å²) in [5.41, 5.74) is 3.03. The Kier molecular flexibility index (Phi) is 7.80. The van der Waals surface area contributed by atoms with Gasteiger partial charge in [0.15, 0.2) is 0 Å². The van der Waals surface area contributed by atoms with Crippen molar-refractivity contribution in [1.29, 1.82) is 0 Å². The highest BCUT2D eigenvalue weighted by Gasteiger charge is 2.45. The van der Waals surface area contributed by atoms with E-state index in [2.05, 4.69) is 10.6 Å². The summed E-state index contributed by atoms with van der Waals surface area (Å²) < 4.78 is 39.0. The summed E-state index contributed by atoms with van der Waals surface area (Å²) in [6.07, 6.45) is -2.27. The molecule has 1 atom stereocenters. The third kappa shape index (κ3) is 6.35. The van der Waals surface area contributed by atoms with E-state index in [0.29, 0.717) is 45.4 Å². The van der Waals surface area contributed by atoms with Crippen molar-refractivity contribution in [2.75, 3.05) is 38.0 Å². The minimum Gasteiger partial charge on any atom is -0.384 e. The van der Waals surface area contributed by atoms with Crippen LogP contribution in [-0.2, 0) is 22.6 Å². The van der Waals surface area contributed by atoms with Crippen LogP contribution in [-0.4, -0.2) is 66.6 Å². The number of anilines is 1. The average Bonchev–Trinajstić information content (AvgIpc) is 3.19. The molecule has 31 heavy (non-hydrogen) atoms. The van der Waals surface area contributed by atoms with Gasteiger partial charge in [0.25, 0.3) is 0 Å². The van der Waals surface area contributed by atoms with Gasteiger partial charge in [-0.15, -0.1) is 0 Å². The number of rotatable bonds is 7. The molecule has 3 rings (SSSR count). The molecule has 9 heteroatoms. The fourth-order valence-corrected chi connectivity index (χ4v) is 4.30. The number of benzene rings is 1. The minimum atomic E-state index is -4.21. The van der Waals surface area contributed by atoms with Crippen LogP contribution < -0.4 is 10.6 Å². The van der Waals surface area contributed by atoms with Gasteiger partial charge in [-0.25, -0.2) is 0 Å². The van der Waals surface area contributed by atoms with E-state index in [1.807, 2.05) is 30.0 Å². The first-order valence-electron chi connectivity index (χ1n) is 11.0. The Morgan fingerprint density at radius 2 is 2.13 bits per heavy atom. The van der Waals surface area contributed by atoms with Crippen LogP contribution in [0.5, 0.6) is 0 Å². The molecule has 1 aromatic rings. The average molecular weight is 441 g/mol. The number of fused-ring (bicyclic) bond motifs is 1. The molecule has 172 valence electrons. The standard InChI is InChI=1S/C22H31F3N4O2/c1-2-28-15-17-14-16(5-7-18(17)26-10-9-21(28)31)6-8-20(30)27-11-13-29-12-3-4-19(29)22(23,24)25/h5,7,14,19,26H,2-4,6,8-13,15H2,1H3,(H,27,30)/t19-/m1/s1. The molecule has 0 bridgehead atoms. The molecule has 0 unspecified atom stereocenters. The lowest BCUT2D eigenvalue weighted by Crippen LogP contribution is -2.44. The van der Waals surface area contributed by atoms with E-state index in [-0.39, 0.29) is 37.7 Å². The van der Waals surface area contributed by atoms with Gasteiger partial charge < -0.3 is 15.5 Å². The molecule has 0 spiro atoms. The SMILES string of the molecule is CCN1Cc2cc(CCC(=O)NCCN3CCC[C@@H]3C(F)(F)F)ccc2NCCC1=O. The summed E-state index contributed by atoms with van der Waals surface area (Å²) in [7, 11) is 0. The number of halogens is 3. The zero-order chi connectivity index (χ0) is 22.4. The van der Waals surface area contributed by atoms with E-state index in [1.54, 1.807) is 0 Å². The topological polar surface area (TPSA) is 64.7 Å². The van der Waals surface area contributed by atoms with Gasteiger partial charge in [0.05, 0.1) is 0 Å². The number of nitrogens with zero attached hydrogens (tertiary/aromatic N) is 2. The maximum absolute atomic E-state index is 13.0. The molecule has 1 aromatic carbocycles. The van der Waals surface area contributed by atoms with E-state index in [1.165, 1.54) is 4.90 Å². The van der Waals surface area contributed by atoms with E-state index in [4.69, 9.17) is 0 Å². The number of likely N-dealkylation sites (tertiary alicyclic amines) is 1. The monoisotopic (exact) mass is 440 g/mol. The second-order valence-corrected chi connectivity index (χ2v) is 8.16. The maximum Gasteiger partial charge on any atom is 0.404 e. The van der Waals surface area contributed by atoms with Gasteiger partial charge >= 0.3 is 6.18 Å². The molecule has 1 saturated heterocycles. The summed E-state index contributed by atoms with van der Waals surface area (Å²) >= 11 is 0. The van der Waals surface area contributed by atoms with Crippen LogP contribution in [0.25, 0.3) is 0 Å². The Bertz CT molecular complexity index is 785. The Hall–Kier alpha value is -2.29. The Balaban J connectivity index is 1.48. The fourth-order valence-electron chi connectivity index (χ4n) is 4.30. The van der Waals surface area contributed by atoms with E-state index in [9.17, 15) is 22.8 Å². The van der Waals surface area contributed by atoms with Crippen molar-refractivity contribution in [3.63, 3.8) is 0 Å². The van der Waals surface area contributed by atoms with E-state index >= 15 is 0 Å². The highest BCUT2D eigenvalue weighted by atomic mass is 19.4. The molecule has 2 N–H and O–H groups in total. The molecular weight excluding hydrogens is 409 g/mol. The van der Waals surface area contributed by atoms with Gasteiger partial charge in [-0.1, -0.05) is 12.1 Å². The lowest BCUT2D eigenvalue weighted by atomic mass is 10.0. The largest absolute Gasteiger partial charge is 0.404 e. The molecular formula is C22H31F3N4O2. The van der Waals surface area contributed by atoms with Gasteiger partial charge in [0.1, 0.15) is 6.04 Å². The molecule has 6 nitrogen and oxygen atoms in total. The maximum atomic E-state index is 13.0. The fraction of sp³-hybridized carbons (Fsp3) is 0.636. The molecule has 2 aliphatic rings. The lowest BCUT2D eigenvalue weighted by molar-refractivity contribution is -0.175. The third-order valence-corrected chi connectivity index (χ3v) is 6.02. The van der Waals surface area contributed by atoms with Gasteiger partial charge in [-0.2, -0.15) is 13.2 Å². The number of hydrogen-bond donors (Lipinski definition) is 2. The summed E-state index contributed by atoms with van der Waals surface area (Å²) in [4.78, 5) is 27.6. The zero-order valence-corrected chi connectivity index (χ0v) is 17.9. The van der Waals surface area contributed by atoms with Crippen LogP contribution in [0.3, 0.4) is 0 Å². The summed E-state index contributed by atoms with van der Waals surface area (Å²) in [5, 5.41) is 6.03. The number of nitrogens with one attached hydrogen (secondary N) is 2. The molecule has 2 heterocycles. The summed E-state index contributed by atoms with van der Waals surface area (Å²) in [6.45, 7) is 4.58. The van der Waals surface area contributed by atoms with Crippen LogP contribution in [0.2, 0.25) is 0 Å². The van der Waals surface area contributed by atoms with Crippen molar-refractivity contribution in [2.24, 2.45) is 0 Å². The second-order valence-electron chi connectivity index (χ2n) is 8.16. The van der Waals surface area contributed by atoms with Gasteiger partial charge in [-0.3, -0.25) is 14.5 Å². The first kappa shape index (κ1) is 23.4.